The molecule has 2 aromatic rings. The lowest BCUT2D eigenvalue weighted by molar-refractivity contribution is 0.958. The fourth-order valence-electron chi connectivity index (χ4n) is 1.48. The number of pyridine rings is 1. The number of aromatic nitrogens is 1. The van der Waals surface area contributed by atoms with Crippen LogP contribution in [0.5, 0.6) is 0 Å². The van der Waals surface area contributed by atoms with Gasteiger partial charge in [-0.3, -0.25) is 0 Å². The van der Waals surface area contributed by atoms with Gasteiger partial charge in [0.1, 0.15) is 5.03 Å². The van der Waals surface area contributed by atoms with Crippen molar-refractivity contribution in [3.8, 4) is 0 Å². The Labute approximate surface area is 87.5 Å². The molecule has 0 unspecified atom stereocenters. The van der Waals surface area contributed by atoms with Gasteiger partial charge in [-0.1, -0.05) is 24.3 Å². The molecule has 0 saturated heterocycles. The van der Waals surface area contributed by atoms with Gasteiger partial charge in [-0.05, 0) is 17.7 Å². The van der Waals surface area contributed by atoms with E-state index in [-0.39, 0.29) is 0 Å². The van der Waals surface area contributed by atoms with Crippen LogP contribution in [0.15, 0.2) is 35.4 Å². The van der Waals surface area contributed by atoms with Crippen molar-refractivity contribution in [3.63, 3.8) is 0 Å². The van der Waals surface area contributed by atoms with Crippen LogP contribution in [0.1, 0.15) is 5.69 Å². The minimum atomic E-state index is 0.498. The number of hydrogen-bond donors (Lipinski definition) is 1. The van der Waals surface area contributed by atoms with Gasteiger partial charge in [0, 0.05) is 11.9 Å². The fourth-order valence-corrected chi connectivity index (χ4v) is 2.09. The molecule has 0 radical (unpaired) electrons. The zero-order chi connectivity index (χ0) is 9.97. The lowest BCUT2D eigenvalue weighted by atomic mass is 10.1. The molecule has 0 amide bonds. The Morgan fingerprint density at radius 2 is 2.14 bits per heavy atom. The SMILES string of the molecule is CSc1nc(CN)cc2ccccc12. The summed E-state index contributed by atoms with van der Waals surface area (Å²) >= 11 is 1.66. The molecule has 1 aromatic carbocycles. The molecule has 3 heteroatoms. The highest BCUT2D eigenvalue weighted by Gasteiger charge is 2.02. The summed E-state index contributed by atoms with van der Waals surface area (Å²) < 4.78 is 0. The Balaban J connectivity index is 2.73. The monoisotopic (exact) mass is 204 g/mol. The molecule has 0 atom stereocenters. The van der Waals surface area contributed by atoms with E-state index >= 15 is 0 Å². The molecule has 2 nitrogen and oxygen atoms in total. The summed E-state index contributed by atoms with van der Waals surface area (Å²) in [4.78, 5) is 4.48. The summed E-state index contributed by atoms with van der Waals surface area (Å²) in [5.74, 6) is 0. The van der Waals surface area contributed by atoms with E-state index in [4.69, 9.17) is 5.73 Å². The predicted molar refractivity (Wildman–Crippen MR) is 61.4 cm³/mol. The fraction of sp³-hybridized carbons (Fsp3) is 0.182. The predicted octanol–water partition coefficient (Wildman–Crippen LogP) is 2.42. The van der Waals surface area contributed by atoms with Gasteiger partial charge in [0.2, 0.25) is 0 Å². The molecule has 0 saturated carbocycles. The molecule has 2 rings (SSSR count). The summed E-state index contributed by atoms with van der Waals surface area (Å²) in [6.45, 7) is 0.498. The van der Waals surface area contributed by atoms with E-state index in [0.29, 0.717) is 6.54 Å². The number of rotatable bonds is 2. The minimum absolute atomic E-state index is 0.498. The van der Waals surface area contributed by atoms with Crippen molar-refractivity contribution in [1.82, 2.24) is 4.98 Å². The lowest BCUT2D eigenvalue weighted by Crippen LogP contribution is -2.00. The third kappa shape index (κ3) is 1.61. The normalized spacial score (nSPS) is 10.7. The second kappa shape index (κ2) is 3.98. The van der Waals surface area contributed by atoms with E-state index in [9.17, 15) is 0 Å². The van der Waals surface area contributed by atoms with E-state index in [1.807, 2.05) is 18.4 Å². The molecule has 0 aliphatic rings. The Morgan fingerprint density at radius 3 is 2.86 bits per heavy atom. The van der Waals surface area contributed by atoms with Crippen LogP contribution < -0.4 is 5.73 Å². The van der Waals surface area contributed by atoms with Crippen molar-refractivity contribution in [3.05, 3.63) is 36.0 Å². The van der Waals surface area contributed by atoms with Crippen molar-refractivity contribution < 1.29 is 0 Å². The van der Waals surface area contributed by atoms with E-state index in [0.717, 1.165) is 10.7 Å². The van der Waals surface area contributed by atoms with E-state index in [1.165, 1.54) is 10.8 Å². The number of nitrogens with zero attached hydrogens (tertiary/aromatic N) is 1. The second-order valence-electron chi connectivity index (χ2n) is 3.05. The number of fused-ring (bicyclic) bond motifs is 1. The third-order valence-corrected chi connectivity index (χ3v) is 2.86. The zero-order valence-electron chi connectivity index (χ0n) is 8.03. The molecule has 0 aliphatic carbocycles. The molecular weight excluding hydrogens is 192 g/mol. The van der Waals surface area contributed by atoms with E-state index in [2.05, 4.69) is 23.2 Å². The highest BCUT2D eigenvalue weighted by molar-refractivity contribution is 7.98. The molecule has 14 heavy (non-hydrogen) atoms. The van der Waals surface area contributed by atoms with Crippen molar-refractivity contribution in [2.75, 3.05) is 6.26 Å². The maximum Gasteiger partial charge on any atom is 0.104 e. The summed E-state index contributed by atoms with van der Waals surface area (Å²) in [5, 5.41) is 3.48. The van der Waals surface area contributed by atoms with Gasteiger partial charge in [-0.25, -0.2) is 4.98 Å². The molecular formula is C11H12N2S. The van der Waals surface area contributed by atoms with Gasteiger partial charge in [0.25, 0.3) is 0 Å². The standard InChI is InChI=1S/C11H12N2S/c1-14-11-10-5-3-2-4-8(10)6-9(7-12)13-11/h2-6H,7,12H2,1H3. The summed E-state index contributed by atoms with van der Waals surface area (Å²) in [7, 11) is 0. The van der Waals surface area contributed by atoms with Crippen LogP contribution in [0, 0.1) is 0 Å². The molecule has 1 heterocycles. The smallest absolute Gasteiger partial charge is 0.104 e. The Bertz CT molecular complexity index is 454. The van der Waals surface area contributed by atoms with Crippen molar-refractivity contribution in [2.24, 2.45) is 5.73 Å². The molecule has 1 aromatic heterocycles. The Morgan fingerprint density at radius 1 is 1.36 bits per heavy atom. The maximum atomic E-state index is 5.59. The first kappa shape index (κ1) is 9.49. The molecule has 0 fully saturated rings. The van der Waals surface area contributed by atoms with Crippen LogP contribution in [-0.2, 0) is 6.54 Å². The first-order chi connectivity index (χ1) is 6.85. The number of benzene rings is 1. The zero-order valence-corrected chi connectivity index (χ0v) is 8.84. The highest BCUT2D eigenvalue weighted by atomic mass is 32.2. The highest BCUT2D eigenvalue weighted by Crippen LogP contribution is 2.24. The van der Waals surface area contributed by atoms with Gasteiger partial charge in [0.15, 0.2) is 0 Å². The third-order valence-electron chi connectivity index (χ3n) is 2.16. The van der Waals surface area contributed by atoms with Crippen LogP contribution in [0.25, 0.3) is 10.8 Å². The Kier molecular flexibility index (Phi) is 2.70. The summed E-state index contributed by atoms with van der Waals surface area (Å²) in [6.07, 6.45) is 2.04. The number of nitrogens with two attached hydrogens (primary N) is 1. The van der Waals surface area contributed by atoms with Gasteiger partial charge >= 0.3 is 0 Å². The van der Waals surface area contributed by atoms with Gasteiger partial charge in [-0.15, -0.1) is 11.8 Å². The van der Waals surface area contributed by atoms with Crippen LogP contribution in [-0.4, -0.2) is 11.2 Å². The van der Waals surface area contributed by atoms with Crippen LogP contribution in [0.2, 0.25) is 0 Å². The first-order valence-electron chi connectivity index (χ1n) is 4.48. The summed E-state index contributed by atoms with van der Waals surface area (Å²) in [6, 6.07) is 10.3. The quantitative estimate of drug-likeness (QED) is 0.763. The van der Waals surface area contributed by atoms with Crippen LogP contribution >= 0.6 is 11.8 Å². The molecule has 2 N–H and O–H groups in total. The first-order valence-corrected chi connectivity index (χ1v) is 5.70. The molecule has 0 bridgehead atoms. The van der Waals surface area contributed by atoms with Gasteiger partial charge < -0.3 is 5.73 Å². The van der Waals surface area contributed by atoms with Crippen molar-refractivity contribution in [2.45, 2.75) is 11.6 Å². The van der Waals surface area contributed by atoms with Gasteiger partial charge in [0.05, 0.1) is 5.69 Å². The van der Waals surface area contributed by atoms with Crippen LogP contribution in [0.4, 0.5) is 0 Å². The molecule has 72 valence electrons. The van der Waals surface area contributed by atoms with Crippen molar-refractivity contribution >= 4 is 22.5 Å². The number of thioether (sulfide) groups is 1. The van der Waals surface area contributed by atoms with Crippen LogP contribution in [0.3, 0.4) is 0 Å². The molecule has 0 aliphatic heterocycles. The Hall–Kier alpha value is -1.06. The average molecular weight is 204 g/mol. The van der Waals surface area contributed by atoms with E-state index < -0.39 is 0 Å². The average Bonchev–Trinajstić information content (AvgIpc) is 2.27. The lowest BCUT2D eigenvalue weighted by Gasteiger charge is -2.05. The number of hydrogen-bond acceptors (Lipinski definition) is 3. The second-order valence-corrected chi connectivity index (χ2v) is 3.84. The summed E-state index contributed by atoms with van der Waals surface area (Å²) in [5.41, 5.74) is 6.54. The maximum absolute atomic E-state index is 5.59. The topological polar surface area (TPSA) is 38.9 Å². The molecule has 0 spiro atoms. The van der Waals surface area contributed by atoms with Crippen molar-refractivity contribution in [1.29, 1.82) is 0 Å². The van der Waals surface area contributed by atoms with Gasteiger partial charge in [-0.2, -0.15) is 0 Å². The van der Waals surface area contributed by atoms with E-state index in [1.54, 1.807) is 11.8 Å². The largest absolute Gasteiger partial charge is 0.325 e. The minimum Gasteiger partial charge on any atom is -0.325 e.